The lowest BCUT2D eigenvalue weighted by Gasteiger charge is -2.36. The van der Waals surface area contributed by atoms with Crippen LogP contribution in [0.3, 0.4) is 0 Å². The van der Waals surface area contributed by atoms with Gasteiger partial charge in [-0.2, -0.15) is 16.9 Å². The number of piperidine rings is 1. The van der Waals surface area contributed by atoms with Gasteiger partial charge in [-0.05, 0) is 38.8 Å². The van der Waals surface area contributed by atoms with Gasteiger partial charge < -0.3 is 15.1 Å². The standard InChI is InChI=1S/C20H27N5OS/c1-24-14-2-3-15(24)11-13(10-14)21-20(26)19-17-12-16(4-5-18(17)22-23-19)25-6-8-27-9-7-25/h4,12-15H,2-3,5-11H2,1H3,(H,21,26). The number of thioether (sulfide) groups is 1. The molecule has 2 atom stereocenters. The molecule has 5 aliphatic rings. The third-order valence-corrected chi connectivity index (χ3v) is 7.60. The molecule has 0 aromatic heterocycles. The molecular formula is C20H27N5OS. The second kappa shape index (κ2) is 7.09. The zero-order chi connectivity index (χ0) is 18.4. The van der Waals surface area contributed by atoms with Crippen LogP contribution in [0, 0.1) is 0 Å². The van der Waals surface area contributed by atoms with E-state index in [1.54, 1.807) is 0 Å². The molecule has 5 rings (SSSR count). The van der Waals surface area contributed by atoms with Gasteiger partial charge in [0.15, 0.2) is 5.71 Å². The maximum absolute atomic E-state index is 13.0. The number of fused-ring (bicyclic) bond motifs is 3. The van der Waals surface area contributed by atoms with Crippen LogP contribution < -0.4 is 5.32 Å². The number of nitrogens with zero attached hydrogens (tertiary/aromatic N) is 4. The van der Waals surface area contributed by atoms with Crippen LogP contribution in [-0.4, -0.2) is 76.9 Å². The molecule has 0 saturated carbocycles. The molecule has 0 spiro atoms. The van der Waals surface area contributed by atoms with E-state index in [-0.39, 0.29) is 11.9 Å². The van der Waals surface area contributed by atoms with Crippen molar-refractivity contribution in [2.45, 2.75) is 50.2 Å². The molecule has 4 aliphatic heterocycles. The van der Waals surface area contributed by atoms with E-state index in [1.165, 1.54) is 30.0 Å². The molecule has 0 radical (unpaired) electrons. The lowest BCUT2D eigenvalue weighted by Crippen LogP contribution is -2.50. The van der Waals surface area contributed by atoms with Gasteiger partial charge in [0.2, 0.25) is 0 Å². The fourth-order valence-corrected chi connectivity index (χ4v) is 5.96. The van der Waals surface area contributed by atoms with Gasteiger partial charge >= 0.3 is 0 Å². The highest BCUT2D eigenvalue weighted by molar-refractivity contribution is 7.99. The Hall–Kier alpha value is -1.60. The average Bonchev–Trinajstić information content (AvgIpc) is 3.19. The molecule has 1 amide bonds. The lowest BCUT2D eigenvalue weighted by molar-refractivity contribution is -0.115. The summed E-state index contributed by atoms with van der Waals surface area (Å²) >= 11 is 2.01. The third-order valence-electron chi connectivity index (χ3n) is 6.66. The first-order valence-electron chi connectivity index (χ1n) is 10.1. The quantitative estimate of drug-likeness (QED) is 0.805. The first kappa shape index (κ1) is 17.5. The summed E-state index contributed by atoms with van der Waals surface area (Å²) in [5, 5.41) is 11.8. The van der Waals surface area contributed by atoms with Crippen molar-refractivity contribution in [3.63, 3.8) is 0 Å². The summed E-state index contributed by atoms with van der Waals surface area (Å²) in [6.45, 7) is 2.15. The molecule has 3 saturated heterocycles. The molecule has 0 aromatic rings. The molecule has 144 valence electrons. The van der Waals surface area contributed by atoms with Gasteiger partial charge in [-0.15, -0.1) is 5.10 Å². The summed E-state index contributed by atoms with van der Waals surface area (Å²) in [7, 11) is 2.22. The van der Waals surface area contributed by atoms with Crippen LogP contribution in [0.15, 0.2) is 33.6 Å². The second-order valence-corrected chi connectivity index (χ2v) is 9.40. The number of carbonyl (C=O) groups is 1. The van der Waals surface area contributed by atoms with Crippen molar-refractivity contribution in [2.24, 2.45) is 10.2 Å². The Bertz CT molecular complexity index is 750. The topological polar surface area (TPSA) is 60.3 Å². The number of allylic oxidation sites excluding steroid dienone is 2. The Morgan fingerprint density at radius 1 is 1.19 bits per heavy atom. The fraction of sp³-hybridized carbons (Fsp3) is 0.650. The largest absolute Gasteiger partial charge is 0.370 e. The fourth-order valence-electron chi connectivity index (χ4n) is 5.06. The Kier molecular flexibility index (Phi) is 4.60. The molecule has 1 aliphatic carbocycles. The van der Waals surface area contributed by atoms with Gasteiger partial charge in [-0.25, -0.2) is 0 Å². The summed E-state index contributed by atoms with van der Waals surface area (Å²) in [6.07, 6.45) is 9.74. The summed E-state index contributed by atoms with van der Waals surface area (Å²) in [5.74, 6) is 2.28. The maximum Gasteiger partial charge on any atom is 0.272 e. The van der Waals surface area contributed by atoms with Crippen LogP contribution in [-0.2, 0) is 4.79 Å². The minimum atomic E-state index is -0.0515. The number of hydrogen-bond acceptors (Lipinski definition) is 6. The number of nitrogens with one attached hydrogen (secondary N) is 1. The Balaban J connectivity index is 1.27. The summed E-state index contributed by atoms with van der Waals surface area (Å²) < 4.78 is 0. The smallest absolute Gasteiger partial charge is 0.272 e. The van der Waals surface area contributed by atoms with E-state index >= 15 is 0 Å². The van der Waals surface area contributed by atoms with Crippen molar-refractivity contribution in [3.8, 4) is 0 Å². The zero-order valence-corrected chi connectivity index (χ0v) is 16.7. The van der Waals surface area contributed by atoms with E-state index in [0.717, 1.165) is 43.6 Å². The van der Waals surface area contributed by atoms with Crippen molar-refractivity contribution < 1.29 is 4.79 Å². The number of hydrogen-bond donors (Lipinski definition) is 1. The molecule has 2 unspecified atom stereocenters. The van der Waals surface area contributed by atoms with Crippen molar-refractivity contribution in [2.75, 3.05) is 31.6 Å². The maximum atomic E-state index is 13.0. The van der Waals surface area contributed by atoms with Gasteiger partial charge in [0, 0.05) is 60.4 Å². The number of amides is 1. The molecule has 3 fully saturated rings. The van der Waals surface area contributed by atoms with Crippen molar-refractivity contribution in [1.82, 2.24) is 15.1 Å². The zero-order valence-electron chi connectivity index (χ0n) is 15.9. The molecule has 6 nitrogen and oxygen atoms in total. The van der Waals surface area contributed by atoms with E-state index in [9.17, 15) is 4.79 Å². The first-order chi connectivity index (χ1) is 13.2. The van der Waals surface area contributed by atoms with Crippen LogP contribution in [0.2, 0.25) is 0 Å². The second-order valence-electron chi connectivity index (χ2n) is 8.18. The van der Waals surface area contributed by atoms with Gasteiger partial charge in [-0.1, -0.05) is 6.08 Å². The van der Waals surface area contributed by atoms with Gasteiger partial charge in [0.1, 0.15) is 0 Å². The number of rotatable bonds is 3. The SMILES string of the molecule is CN1C2CCC1CC(NC(=O)C1=NN=C3CC=C(N4CCSCC4)C=C31)C2. The van der Waals surface area contributed by atoms with Crippen molar-refractivity contribution in [1.29, 1.82) is 0 Å². The lowest BCUT2D eigenvalue weighted by atomic mass is 9.94. The minimum Gasteiger partial charge on any atom is -0.370 e. The van der Waals surface area contributed by atoms with E-state index in [2.05, 4.69) is 44.5 Å². The Morgan fingerprint density at radius 3 is 2.67 bits per heavy atom. The predicted octanol–water partition coefficient (Wildman–Crippen LogP) is 1.80. The highest BCUT2D eigenvalue weighted by Crippen LogP contribution is 2.34. The van der Waals surface area contributed by atoms with E-state index in [4.69, 9.17) is 0 Å². The van der Waals surface area contributed by atoms with Gasteiger partial charge in [0.05, 0.1) is 5.71 Å². The van der Waals surface area contributed by atoms with Crippen LogP contribution in [0.5, 0.6) is 0 Å². The Morgan fingerprint density at radius 2 is 1.93 bits per heavy atom. The van der Waals surface area contributed by atoms with Crippen LogP contribution in [0.25, 0.3) is 0 Å². The third kappa shape index (κ3) is 3.25. The van der Waals surface area contributed by atoms with Gasteiger partial charge in [0.25, 0.3) is 5.91 Å². The first-order valence-corrected chi connectivity index (χ1v) is 11.3. The van der Waals surface area contributed by atoms with Crippen molar-refractivity contribution >= 4 is 29.1 Å². The molecule has 27 heavy (non-hydrogen) atoms. The normalized spacial score (nSPS) is 33.1. The molecule has 4 heterocycles. The van der Waals surface area contributed by atoms with Gasteiger partial charge in [-0.3, -0.25) is 4.79 Å². The van der Waals surface area contributed by atoms with E-state index in [1.807, 2.05) is 11.8 Å². The Labute approximate surface area is 164 Å². The van der Waals surface area contributed by atoms with Crippen LogP contribution in [0.4, 0.5) is 0 Å². The minimum absolute atomic E-state index is 0.0515. The highest BCUT2D eigenvalue weighted by Gasteiger charge is 2.39. The average molecular weight is 386 g/mol. The molecule has 7 heteroatoms. The molecule has 0 aromatic carbocycles. The summed E-state index contributed by atoms with van der Waals surface area (Å²) in [6, 6.07) is 1.50. The molecule has 2 bridgehead atoms. The van der Waals surface area contributed by atoms with Crippen molar-refractivity contribution in [3.05, 3.63) is 23.4 Å². The number of carbonyl (C=O) groups excluding carboxylic acids is 1. The van der Waals surface area contributed by atoms with Crippen LogP contribution in [0.1, 0.15) is 32.1 Å². The van der Waals surface area contributed by atoms with E-state index < -0.39 is 0 Å². The summed E-state index contributed by atoms with van der Waals surface area (Å²) in [4.78, 5) is 17.9. The molecular weight excluding hydrogens is 358 g/mol. The predicted molar refractivity (Wildman–Crippen MR) is 110 cm³/mol. The van der Waals surface area contributed by atoms with Crippen LogP contribution >= 0.6 is 11.8 Å². The monoisotopic (exact) mass is 385 g/mol. The van der Waals surface area contributed by atoms with E-state index in [0.29, 0.717) is 17.8 Å². The molecule has 1 N–H and O–H groups in total. The highest BCUT2D eigenvalue weighted by atomic mass is 32.2. The summed E-state index contributed by atoms with van der Waals surface area (Å²) in [5.41, 5.74) is 3.59.